The van der Waals surface area contributed by atoms with Crippen molar-refractivity contribution in [2.45, 2.75) is 13.0 Å². The largest absolute Gasteiger partial charge is 0.460 e. The lowest BCUT2D eigenvalue weighted by atomic mass is 9.95. The van der Waals surface area contributed by atoms with E-state index in [1.54, 1.807) is 49.4 Å². The summed E-state index contributed by atoms with van der Waals surface area (Å²) in [4.78, 5) is 27.3. The molecule has 2 aromatic carbocycles. The van der Waals surface area contributed by atoms with Gasteiger partial charge in [0.1, 0.15) is 6.61 Å². The SMILES string of the molecule is COCCOC(=O)C1=C(C)N(C)C(=S)NC1c1ccc(NC(=O)c2ccc3c(c2)OCO3)cc1. The zero-order chi connectivity index (χ0) is 24.2. The number of carbonyl (C=O) groups is 2. The summed E-state index contributed by atoms with van der Waals surface area (Å²) in [5.41, 5.74) is 3.03. The van der Waals surface area contributed by atoms with Crippen LogP contribution >= 0.6 is 12.2 Å². The summed E-state index contributed by atoms with van der Waals surface area (Å²) in [7, 11) is 3.33. The Labute approximate surface area is 202 Å². The third-order valence-electron chi connectivity index (χ3n) is 5.63. The average molecular weight is 484 g/mol. The molecule has 2 aliphatic rings. The van der Waals surface area contributed by atoms with Crippen LogP contribution in [0.15, 0.2) is 53.7 Å². The molecule has 0 fully saturated rings. The number of rotatable bonds is 7. The molecule has 0 saturated heterocycles. The smallest absolute Gasteiger partial charge is 0.338 e. The topological polar surface area (TPSA) is 98.4 Å². The van der Waals surface area contributed by atoms with Crippen molar-refractivity contribution in [1.82, 2.24) is 10.2 Å². The van der Waals surface area contributed by atoms with Crippen molar-refractivity contribution >= 4 is 34.9 Å². The van der Waals surface area contributed by atoms with Crippen LogP contribution in [-0.4, -0.2) is 56.1 Å². The van der Waals surface area contributed by atoms with Crippen molar-refractivity contribution in [3.8, 4) is 11.5 Å². The number of ether oxygens (including phenoxy) is 4. The van der Waals surface area contributed by atoms with E-state index in [2.05, 4.69) is 10.6 Å². The Kier molecular flexibility index (Phi) is 6.99. The van der Waals surface area contributed by atoms with Gasteiger partial charge in [0.25, 0.3) is 5.91 Å². The second kappa shape index (κ2) is 10.1. The summed E-state index contributed by atoms with van der Waals surface area (Å²) >= 11 is 5.43. The lowest BCUT2D eigenvalue weighted by Crippen LogP contribution is -2.46. The highest BCUT2D eigenvalue weighted by molar-refractivity contribution is 7.80. The molecule has 2 N–H and O–H groups in total. The number of methoxy groups -OCH3 is 1. The van der Waals surface area contributed by atoms with E-state index in [-0.39, 0.29) is 19.3 Å². The quantitative estimate of drug-likeness (QED) is 0.350. The van der Waals surface area contributed by atoms with E-state index in [9.17, 15) is 9.59 Å². The van der Waals surface area contributed by atoms with Gasteiger partial charge in [0.15, 0.2) is 16.6 Å². The first kappa shape index (κ1) is 23.5. The second-order valence-electron chi connectivity index (χ2n) is 7.71. The molecule has 0 radical (unpaired) electrons. The van der Waals surface area contributed by atoms with Gasteiger partial charge in [-0.15, -0.1) is 0 Å². The van der Waals surface area contributed by atoms with Gasteiger partial charge in [-0.25, -0.2) is 4.79 Å². The molecule has 4 rings (SSSR count). The van der Waals surface area contributed by atoms with E-state index in [1.807, 2.05) is 19.1 Å². The van der Waals surface area contributed by atoms with Gasteiger partial charge in [-0.1, -0.05) is 12.1 Å². The van der Waals surface area contributed by atoms with Crippen molar-refractivity contribution in [2.75, 3.05) is 39.5 Å². The van der Waals surface area contributed by atoms with Crippen LogP contribution < -0.4 is 20.1 Å². The summed E-state index contributed by atoms with van der Waals surface area (Å²) in [5.74, 6) is 0.438. The summed E-state index contributed by atoms with van der Waals surface area (Å²) in [5, 5.41) is 6.56. The minimum absolute atomic E-state index is 0.145. The Hall–Kier alpha value is -3.63. The minimum atomic E-state index is -0.489. The fourth-order valence-corrected chi connectivity index (χ4v) is 3.90. The number of fused-ring (bicyclic) bond motifs is 1. The highest BCUT2D eigenvalue weighted by atomic mass is 32.1. The van der Waals surface area contributed by atoms with E-state index in [1.165, 1.54) is 0 Å². The van der Waals surface area contributed by atoms with Crippen molar-refractivity contribution in [2.24, 2.45) is 0 Å². The van der Waals surface area contributed by atoms with Crippen molar-refractivity contribution in [1.29, 1.82) is 0 Å². The summed E-state index contributed by atoms with van der Waals surface area (Å²) in [6.07, 6.45) is 0. The van der Waals surface area contributed by atoms with Crippen LogP contribution in [0.5, 0.6) is 11.5 Å². The van der Waals surface area contributed by atoms with Crippen LogP contribution in [0.4, 0.5) is 5.69 Å². The zero-order valence-corrected chi connectivity index (χ0v) is 19.9. The second-order valence-corrected chi connectivity index (χ2v) is 8.10. The average Bonchev–Trinajstić information content (AvgIpc) is 3.31. The third-order valence-corrected chi connectivity index (χ3v) is 6.02. The number of carbonyl (C=O) groups excluding carboxylic acids is 2. The number of anilines is 1. The Morgan fingerprint density at radius 1 is 1.15 bits per heavy atom. The molecule has 34 heavy (non-hydrogen) atoms. The molecule has 2 heterocycles. The Balaban J connectivity index is 1.51. The van der Waals surface area contributed by atoms with Crippen LogP contribution in [0.2, 0.25) is 0 Å². The molecule has 1 unspecified atom stereocenters. The molecular formula is C24H25N3O6S. The molecule has 0 bridgehead atoms. The number of allylic oxidation sites excluding steroid dienone is 1. The number of hydrogen-bond donors (Lipinski definition) is 2. The number of nitrogens with zero attached hydrogens (tertiary/aromatic N) is 1. The molecule has 1 amide bonds. The molecule has 178 valence electrons. The van der Waals surface area contributed by atoms with Gasteiger partial charge in [0.2, 0.25) is 6.79 Å². The first-order valence-corrected chi connectivity index (χ1v) is 11.0. The van der Waals surface area contributed by atoms with Crippen molar-refractivity contribution in [3.05, 3.63) is 64.9 Å². The van der Waals surface area contributed by atoms with E-state index in [0.29, 0.717) is 45.7 Å². The van der Waals surface area contributed by atoms with Crippen molar-refractivity contribution < 1.29 is 28.5 Å². The van der Waals surface area contributed by atoms with Gasteiger partial charge in [-0.2, -0.15) is 0 Å². The van der Waals surface area contributed by atoms with Gasteiger partial charge >= 0.3 is 5.97 Å². The predicted molar refractivity (Wildman–Crippen MR) is 129 cm³/mol. The van der Waals surface area contributed by atoms with E-state index in [4.69, 9.17) is 31.2 Å². The standard InChI is InChI=1S/C24H25N3O6S/c1-14-20(23(29)31-11-10-30-3)21(26-24(34)27(14)2)15-4-7-17(8-5-15)25-22(28)16-6-9-18-19(12-16)33-13-32-18/h4-9,12,21H,10-11,13H2,1-3H3,(H,25,28)(H,26,34). The number of hydrogen-bond acceptors (Lipinski definition) is 7. The lowest BCUT2D eigenvalue weighted by molar-refractivity contribution is -0.140. The Morgan fingerprint density at radius 3 is 2.62 bits per heavy atom. The summed E-state index contributed by atoms with van der Waals surface area (Å²) in [6, 6.07) is 11.7. The number of nitrogens with one attached hydrogen (secondary N) is 2. The minimum Gasteiger partial charge on any atom is -0.460 e. The molecular weight excluding hydrogens is 458 g/mol. The van der Waals surface area contributed by atoms with Gasteiger partial charge in [0, 0.05) is 31.1 Å². The van der Waals surface area contributed by atoms with Crippen LogP contribution in [0.3, 0.4) is 0 Å². The number of amides is 1. The highest BCUT2D eigenvalue weighted by Gasteiger charge is 2.33. The van der Waals surface area contributed by atoms with E-state index in [0.717, 1.165) is 5.56 Å². The molecule has 0 aromatic heterocycles. The Bertz CT molecular complexity index is 1150. The van der Waals surface area contributed by atoms with Gasteiger partial charge in [0.05, 0.1) is 18.2 Å². The molecule has 0 saturated carbocycles. The van der Waals surface area contributed by atoms with Crippen LogP contribution in [0.1, 0.15) is 28.9 Å². The van der Waals surface area contributed by atoms with Gasteiger partial charge in [-0.05, 0) is 55.0 Å². The molecule has 0 spiro atoms. The predicted octanol–water partition coefficient (Wildman–Crippen LogP) is 2.99. The summed E-state index contributed by atoms with van der Waals surface area (Å²) in [6.45, 7) is 2.43. The molecule has 2 aromatic rings. The van der Waals surface area contributed by atoms with Crippen LogP contribution in [0.25, 0.3) is 0 Å². The highest BCUT2D eigenvalue weighted by Crippen LogP contribution is 2.33. The van der Waals surface area contributed by atoms with Gasteiger partial charge in [-0.3, -0.25) is 4.79 Å². The third kappa shape index (κ3) is 4.82. The Morgan fingerprint density at radius 2 is 1.88 bits per heavy atom. The normalized spacial score (nSPS) is 16.9. The van der Waals surface area contributed by atoms with E-state index >= 15 is 0 Å². The molecule has 0 aliphatic carbocycles. The molecule has 1 atom stereocenters. The maximum absolute atomic E-state index is 12.8. The fraction of sp³-hybridized carbons (Fsp3) is 0.292. The van der Waals surface area contributed by atoms with E-state index < -0.39 is 12.0 Å². The molecule has 10 heteroatoms. The van der Waals surface area contributed by atoms with Crippen LogP contribution in [-0.2, 0) is 14.3 Å². The maximum atomic E-state index is 12.8. The van der Waals surface area contributed by atoms with Crippen molar-refractivity contribution in [3.63, 3.8) is 0 Å². The molecule has 2 aliphatic heterocycles. The number of benzene rings is 2. The summed E-state index contributed by atoms with van der Waals surface area (Å²) < 4.78 is 21.0. The monoisotopic (exact) mass is 483 g/mol. The fourth-order valence-electron chi connectivity index (χ4n) is 3.65. The first-order chi connectivity index (χ1) is 16.4. The van der Waals surface area contributed by atoms with Gasteiger partial charge < -0.3 is 34.5 Å². The number of esters is 1. The zero-order valence-electron chi connectivity index (χ0n) is 19.0. The first-order valence-electron chi connectivity index (χ1n) is 10.6. The van der Waals surface area contributed by atoms with Crippen LogP contribution in [0, 0.1) is 0 Å². The molecule has 9 nitrogen and oxygen atoms in total. The number of thiocarbonyl (C=S) groups is 1. The maximum Gasteiger partial charge on any atom is 0.338 e. The lowest BCUT2D eigenvalue weighted by Gasteiger charge is -2.35.